The lowest BCUT2D eigenvalue weighted by Crippen LogP contribution is -2.40. The summed E-state index contributed by atoms with van der Waals surface area (Å²) >= 11 is 0. The highest BCUT2D eigenvalue weighted by molar-refractivity contribution is 5.82. The fourth-order valence-corrected chi connectivity index (χ4v) is 4.06. The molecule has 3 heteroatoms. The van der Waals surface area contributed by atoms with Crippen LogP contribution in [0.25, 0.3) is 0 Å². The van der Waals surface area contributed by atoms with E-state index in [2.05, 4.69) is 37.7 Å². The van der Waals surface area contributed by atoms with E-state index in [0.717, 1.165) is 43.6 Å². The number of nitrogens with zero attached hydrogens (tertiary/aromatic N) is 2. The van der Waals surface area contributed by atoms with Crippen molar-refractivity contribution in [2.75, 3.05) is 40.3 Å². The van der Waals surface area contributed by atoms with Crippen molar-refractivity contribution in [3.8, 4) is 0 Å². The molecule has 2 aliphatic rings. The summed E-state index contributed by atoms with van der Waals surface area (Å²) in [7, 11) is 4.43. The van der Waals surface area contributed by atoms with Crippen molar-refractivity contribution in [2.45, 2.75) is 46.0 Å². The Morgan fingerprint density at radius 2 is 1.86 bits per heavy atom. The predicted octanol–water partition coefficient (Wildman–Crippen LogP) is 2.90. The second kappa shape index (κ2) is 7.73. The van der Waals surface area contributed by atoms with Gasteiger partial charge in [-0.15, -0.1) is 0 Å². The zero-order valence-electron chi connectivity index (χ0n) is 14.5. The van der Waals surface area contributed by atoms with Crippen molar-refractivity contribution < 1.29 is 4.79 Å². The first-order chi connectivity index (χ1) is 9.95. The van der Waals surface area contributed by atoms with Gasteiger partial charge in [0.25, 0.3) is 0 Å². The van der Waals surface area contributed by atoms with Crippen molar-refractivity contribution in [1.29, 1.82) is 0 Å². The monoisotopic (exact) mass is 294 g/mol. The third-order valence-corrected chi connectivity index (χ3v) is 5.69. The SMILES string of the molecule is CC(C)C1CCC(=O)C(CN(C)CC2CCN(C)CC2)C1. The molecule has 1 saturated carbocycles. The van der Waals surface area contributed by atoms with E-state index in [1.165, 1.54) is 32.5 Å². The second-order valence-corrected chi connectivity index (χ2v) is 7.91. The van der Waals surface area contributed by atoms with E-state index >= 15 is 0 Å². The quantitative estimate of drug-likeness (QED) is 0.779. The highest BCUT2D eigenvalue weighted by Gasteiger charge is 2.31. The lowest BCUT2D eigenvalue weighted by Gasteiger charge is -2.35. The van der Waals surface area contributed by atoms with Crippen LogP contribution in [0.3, 0.4) is 0 Å². The van der Waals surface area contributed by atoms with Gasteiger partial charge in [0.1, 0.15) is 5.78 Å². The molecule has 0 aromatic heterocycles. The number of piperidine rings is 1. The fraction of sp³-hybridized carbons (Fsp3) is 0.944. The van der Waals surface area contributed by atoms with E-state index < -0.39 is 0 Å². The lowest BCUT2D eigenvalue weighted by atomic mass is 9.75. The van der Waals surface area contributed by atoms with Crippen LogP contribution in [0.2, 0.25) is 0 Å². The van der Waals surface area contributed by atoms with Crippen LogP contribution in [0, 0.1) is 23.7 Å². The van der Waals surface area contributed by atoms with Crippen LogP contribution in [0.15, 0.2) is 0 Å². The van der Waals surface area contributed by atoms with E-state index in [9.17, 15) is 4.79 Å². The summed E-state index contributed by atoms with van der Waals surface area (Å²) in [6.45, 7) is 9.23. The van der Waals surface area contributed by atoms with Crippen LogP contribution in [0.5, 0.6) is 0 Å². The molecule has 21 heavy (non-hydrogen) atoms. The molecule has 1 heterocycles. The normalized spacial score (nSPS) is 29.5. The Bertz CT molecular complexity index is 334. The van der Waals surface area contributed by atoms with Gasteiger partial charge in [0, 0.05) is 25.4 Å². The molecule has 2 rings (SSSR count). The van der Waals surface area contributed by atoms with Crippen molar-refractivity contribution in [3.63, 3.8) is 0 Å². The minimum atomic E-state index is 0.294. The van der Waals surface area contributed by atoms with Gasteiger partial charge < -0.3 is 9.80 Å². The number of Topliss-reactive ketones (excluding diaryl/α,β-unsaturated/α-hetero) is 1. The molecule has 1 aliphatic heterocycles. The standard InChI is InChI=1S/C18H34N2O/c1-14(2)16-5-6-18(21)17(11-16)13-20(4)12-15-7-9-19(3)10-8-15/h14-17H,5-13H2,1-4H3. The molecular weight excluding hydrogens is 260 g/mol. The third kappa shape index (κ3) is 5.07. The lowest BCUT2D eigenvalue weighted by molar-refractivity contribution is -0.126. The molecule has 0 aromatic carbocycles. The van der Waals surface area contributed by atoms with Crippen molar-refractivity contribution >= 4 is 5.78 Å². The van der Waals surface area contributed by atoms with E-state index in [4.69, 9.17) is 0 Å². The van der Waals surface area contributed by atoms with Crippen LogP contribution in [0.1, 0.15) is 46.0 Å². The molecule has 0 bridgehead atoms. The number of carbonyl (C=O) groups is 1. The Kier molecular flexibility index (Phi) is 6.24. The number of carbonyl (C=O) groups excluding carboxylic acids is 1. The Morgan fingerprint density at radius 1 is 1.19 bits per heavy atom. The molecule has 1 aliphatic carbocycles. The number of hydrogen-bond acceptors (Lipinski definition) is 3. The highest BCUT2D eigenvalue weighted by atomic mass is 16.1. The van der Waals surface area contributed by atoms with Gasteiger partial charge in [-0.1, -0.05) is 13.8 Å². The Morgan fingerprint density at radius 3 is 2.48 bits per heavy atom. The molecule has 3 nitrogen and oxygen atoms in total. The van der Waals surface area contributed by atoms with Gasteiger partial charge in [0.05, 0.1) is 0 Å². The van der Waals surface area contributed by atoms with Gasteiger partial charge in [-0.3, -0.25) is 4.79 Å². The Labute approximate surface area is 131 Å². The minimum absolute atomic E-state index is 0.294. The fourth-order valence-electron chi connectivity index (χ4n) is 4.06. The Hall–Kier alpha value is -0.410. The molecule has 0 amide bonds. The maximum atomic E-state index is 12.2. The van der Waals surface area contributed by atoms with Crippen molar-refractivity contribution in [1.82, 2.24) is 9.80 Å². The summed E-state index contributed by atoms with van der Waals surface area (Å²) in [5.74, 6) is 3.11. The summed E-state index contributed by atoms with van der Waals surface area (Å²) in [6.07, 6.45) is 5.68. The van der Waals surface area contributed by atoms with Crippen LogP contribution >= 0.6 is 0 Å². The smallest absolute Gasteiger partial charge is 0.137 e. The van der Waals surface area contributed by atoms with Gasteiger partial charge in [-0.05, 0) is 70.6 Å². The topological polar surface area (TPSA) is 23.6 Å². The zero-order valence-corrected chi connectivity index (χ0v) is 14.5. The number of rotatable bonds is 5. The second-order valence-electron chi connectivity index (χ2n) is 7.91. The van der Waals surface area contributed by atoms with Crippen LogP contribution < -0.4 is 0 Å². The first-order valence-corrected chi connectivity index (χ1v) is 8.85. The maximum Gasteiger partial charge on any atom is 0.137 e. The summed E-state index contributed by atoms with van der Waals surface area (Å²) in [6, 6.07) is 0. The summed E-state index contributed by atoms with van der Waals surface area (Å²) < 4.78 is 0. The molecular formula is C18H34N2O. The molecule has 1 saturated heterocycles. The molecule has 0 aromatic rings. The van der Waals surface area contributed by atoms with Gasteiger partial charge in [-0.2, -0.15) is 0 Å². The van der Waals surface area contributed by atoms with E-state index in [-0.39, 0.29) is 0 Å². The Balaban J connectivity index is 1.78. The van der Waals surface area contributed by atoms with Crippen LogP contribution in [-0.2, 0) is 4.79 Å². The van der Waals surface area contributed by atoms with Crippen molar-refractivity contribution in [3.05, 3.63) is 0 Å². The summed E-state index contributed by atoms with van der Waals surface area (Å²) in [5.41, 5.74) is 0. The number of hydrogen-bond donors (Lipinski definition) is 0. The van der Waals surface area contributed by atoms with Gasteiger partial charge in [0.15, 0.2) is 0 Å². The zero-order chi connectivity index (χ0) is 15.4. The average Bonchev–Trinajstić information content (AvgIpc) is 2.43. The third-order valence-electron chi connectivity index (χ3n) is 5.69. The average molecular weight is 294 g/mol. The van der Waals surface area contributed by atoms with Gasteiger partial charge >= 0.3 is 0 Å². The molecule has 2 atom stereocenters. The van der Waals surface area contributed by atoms with E-state index in [0.29, 0.717) is 11.7 Å². The van der Waals surface area contributed by atoms with Crippen LogP contribution in [0.4, 0.5) is 0 Å². The maximum absolute atomic E-state index is 12.2. The van der Waals surface area contributed by atoms with Gasteiger partial charge in [-0.25, -0.2) is 0 Å². The largest absolute Gasteiger partial charge is 0.306 e. The first-order valence-electron chi connectivity index (χ1n) is 8.85. The molecule has 122 valence electrons. The van der Waals surface area contributed by atoms with E-state index in [1.54, 1.807) is 0 Å². The molecule has 0 spiro atoms. The number of ketones is 1. The van der Waals surface area contributed by atoms with Crippen LogP contribution in [-0.4, -0.2) is 55.9 Å². The molecule has 2 fully saturated rings. The predicted molar refractivity (Wildman–Crippen MR) is 88.4 cm³/mol. The molecule has 0 N–H and O–H groups in total. The minimum Gasteiger partial charge on any atom is -0.306 e. The van der Waals surface area contributed by atoms with Gasteiger partial charge in [0.2, 0.25) is 0 Å². The number of likely N-dealkylation sites (tertiary alicyclic amines) is 1. The summed E-state index contributed by atoms with van der Waals surface area (Å²) in [5, 5.41) is 0. The van der Waals surface area contributed by atoms with E-state index in [1.807, 2.05) is 0 Å². The first kappa shape index (κ1) is 17.0. The molecule has 0 radical (unpaired) electrons. The van der Waals surface area contributed by atoms with Crippen molar-refractivity contribution in [2.24, 2.45) is 23.7 Å². The molecule has 2 unspecified atom stereocenters. The summed E-state index contributed by atoms with van der Waals surface area (Å²) in [4.78, 5) is 17.1. The highest BCUT2D eigenvalue weighted by Crippen LogP contribution is 2.32.